The molecule has 3 N–H and O–H groups in total. The van der Waals surface area contributed by atoms with E-state index >= 15 is 0 Å². The summed E-state index contributed by atoms with van der Waals surface area (Å²) < 4.78 is 0. The largest absolute Gasteiger partial charge is 0.481 e. The number of aliphatic hydroxyl groups is 1. The van der Waals surface area contributed by atoms with Crippen LogP contribution < -0.4 is 0 Å². The van der Waals surface area contributed by atoms with Crippen LogP contribution in [0.3, 0.4) is 0 Å². The number of hydrogen-bond donors (Lipinski definition) is 3. The van der Waals surface area contributed by atoms with E-state index in [2.05, 4.69) is 4.98 Å². The van der Waals surface area contributed by atoms with Gasteiger partial charge in [0.2, 0.25) is 0 Å². The van der Waals surface area contributed by atoms with Gasteiger partial charge in [0, 0.05) is 11.9 Å². The SMILES string of the molecule is Cc1c[nH]c(C)c1C1(C(=O)O)CC(O)C1. The number of aromatic nitrogens is 1. The minimum absolute atomic E-state index is 0.321. The molecule has 0 spiro atoms. The minimum atomic E-state index is -0.867. The standard InChI is InChI=1S/C11H15NO3/c1-6-5-12-7(2)9(6)11(10(14)15)3-8(13)4-11/h5,8,12-13H,3-4H2,1-2H3,(H,14,15). The zero-order chi connectivity index (χ0) is 11.2. The van der Waals surface area contributed by atoms with Gasteiger partial charge in [-0.1, -0.05) is 0 Å². The van der Waals surface area contributed by atoms with E-state index in [-0.39, 0.29) is 0 Å². The van der Waals surface area contributed by atoms with Gasteiger partial charge in [0.05, 0.1) is 11.5 Å². The number of hydrogen-bond acceptors (Lipinski definition) is 2. The highest BCUT2D eigenvalue weighted by molar-refractivity contribution is 5.84. The fraction of sp³-hybridized carbons (Fsp3) is 0.545. The average molecular weight is 209 g/mol. The average Bonchev–Trinajstić information content (AvgIpc) is 2.41. The van der Waals surface area contributed by atoms with Crippen LogP contribution in [0, 0.1) is 13.8 Å². The van der Waals surface area contributed by atoms with Gasteiger partial charge in [-0.25, -0.2) is 0 Å². The Hall–Kier alpha value is -1.29. The van der Waals surface area contributed by atoms with Crippen molar-refractivity contribution in [1.82, 2.24) is 4.98 Å². The lowest BCUT2D eigenvalue weighted by Crippen LogP contribution is -2.51. The third kappa shape index (κ3) is 1.28. The summed E-state index contributed by atoms with van der Waals surface area (Å²) >= 11 is 0. The number of aliphatic carboxylic acids is 1. The summed E-state index contributed by atoms with van der Waals surface area (Å²) in [5.74, 6) is -0.835. The summed E-state index contributed by atoms with van der Waals surface area (Å²) in [4.78, 5) is 14.4. The molecule has 1 aliphatic rings. The van der Waals surface area contributed by atoms with E-state index in [1.165, 1.54) is 0 Å². The molecule has 4 nitrogen and oxygen atoms in total. The molecule has 0 radical (unpaired) electrons. The number of rotatable bonds is 2. The molecule has 82 valence electrons. The van der Waals surface area contributed by atoms with Gasteiger partial charge in [-0.05, 0) is 37.8 Å². The molecule has 0 amide bonds. The summed E-state index contributed by atoms with van der Waals surface area (Å²) in [6.07, 6.45) is 1.99. The van der Waals surface area contributed by atoms with Gasteiger partial charge in [-0.2, -0.15) is 0 Å². The molecule has 1 aromatic rings. The molecule has 0 unspecified atom stereocenters. The van der Waals surface area contributed by atoms with Crippen molar-refractivity contribution in [2.45, 2.75) is 38.2 Å². The summed E-state index contributed by atoms with van der Waals surface area (Å²) in [7, 11) is 0. The van der Waals surface area contributed by atoms with Crippen LogP contribution in [-0.2, 0) is 10.2 Å². The predicted octanol–water partition coefficient (Wildman–Crippen LogP) is 1.11. The maximum absolute atomic E-state index is 11.3. The zero-order valence-corrected chi connectivity index (χ0v) is 8.87. The number of H-pyrrole nitrogens is 1. The maximum atomic E-state index is 11.3. The van der Waals surface area contributed by atoms with Crippen LogP contribution in [0.2, 0.25) is 0 Å². The first-order valence-electron chi connectivity index (χ1n) is 5.04. The van der Waals surface area contributed by atoms with Gasteiger partial charge in [-0.15, -0.1) is 0 Å². The number of carboxylic acids is 1. The molecule has 0 aliphatic heterocycles. The van der Waals surface area contributed by atoms with Crippen molar-refractivity contribution in [2.75, 3.05) is 0 Å². The first kappa shape index (κ1) is 10.2. The predicted molar refractivity (Wildman–Crippen MR) is 54.8 cm³/mol. The Morgan fingerprint density at radius 1 is 1.53 bits per heavy atom. The second kappa shape index (κ2) is 3.10. The van der Waals surface area contributed by atoms with Gasteiger partial charge >= 0.3 is 5.97 Å². The van der Waals surface area contributed by atoms with Gasteiger partial charge in [0.25, 0.3) is 0 Å². The van der Waals surface area contributed by atoms with Crippen molar-refractivity contribution in [2.24, 2.45) is 0 Å². The number of aliphatic hydroxyl groups excluding tert-OH is 1. The molecule has 4 heteroatoms. The van der Waals surface area contributed by atoms with Crippen LogP contribution in [0.15, 0.2) is 6.20 Å². The maximum Gasteiger partial charge on any atom is 0.314 e. The third-order valence-corrected chi connectivity index (χ3v) is 3.33. The molecule has 1 saturated carbocycles. The topological polar surface area (TPSA) is 73.3 Å². The normalized spacial score (nSPS) is 29.9. The zero-order valence-electron chi connectivity index (χ0n) is 8.87. The van der Waals surface area contributed by atoms with Crippen molar-refractivity contribution in [3.63, 3.8) is 0 Å². The molecular weight excluding hydrogens is 194 g/mol. The quantitative estimate of drug-likeness (QED) is 0.683. The summed E-state index contributed by atoms with van der Waals surface area (Å²) in [5.41, 5.74) is 1.83. The number of aromatic amines is 1. The molecule has 0 atom stereocenters. The lowest BCUT2D eigenvalue weighted by atomic mass is 9.62. The highest BCUT2D eigenvalue weighted by Crippen LogP contribution is 2.46. The second-order valence-electron chi connectivity index (χ2n) is 4.42. The Bertz CT molecular complexity index is 382. The summed E-state index contributed by atoms with van der Waals surface area (Å²) in [5, 5.41) is 18.6. The van der Waals surface area contributed by atoms with E-state index in [1.54, 1.807) is 0 Å². The fourth-order valence-corrected chi connectivity index (χ4v) is 2.62. The fourth-order valence-electron chi connectivity index (χ4n) is 2.62. The van der Waals surface area contributed by atoms with Gasteiger partial charge in [0.15, 0.2) is 0 Å². The van der Waals surface area contributed by atoms with E-state index in [4.69, 9.17) is 0 Å². The van der Waals surface area contributed by atoms with Crippen molar-refractivity contribution in [3.05, 3.63) is 23.0 Å². The van der Waals surface area contributed by atoms with Crippen LogP contribution in [0.1, 0.15) is 29.7 Å². The van der Waals surface area contributed by atoms with E-state index in [9.17, 15) is 15.0 Å². The van der Waals surface area contributed by atoms with E-state index in [1.807, 2.05) is 20.0 Å². The Kier molecular flexibility index (Phi) is 2.12. The van der Waals surface area contributed by atoms with Crippen LogP contribution in [0.25, 0.3) is 0 Å². The van der Waals surface area contributed by atoms with Crippen molar-refractivity contribution in [1.29, 1.82) is 0 Å². The Morgan fingerprint density at radius 3 is 2.47 bits per heavy atom. The van der Waals surface area contributed by atoms with Gasteiger partial charge in [0.1, 0.15) is 0 Å². The molecular formula is C11H15NO3. The smallest absolute Gasteiger partial charge is 0.314 e. The molecule has 0 saturated heterocycles. The molecule has 0 bridgehead atoms. The number of nitrogens with one attached hydrogen (secondary N) is 1. The molecule has 1 heterocycles. The van der Waals surface area contributed by atoms with E-state index < -0.39 is 17.5 Å². The second-order valence-corrected chi connectivity index (χ2v) is 4.42. The lowest BCUT2D eigenvalue weighted by molar-refractivity contribution is -0.153. The van der Waals surface area contributed by atoms with Crippen molar-refractivity contribution >= 4 is 5.97 Å². The van der Waals surface area contributed by atoms with Crippen molar-refractivity contribution in [3.8, 4) is 0 Å². The third-order valence-electron chi connectivity index (χ3n) is 3.33. The van der Waals surface area contributed by atoms with Gasteiger partial charge < -0.3 is 15.2 Å². The highest BCUT2D eigenvalue weighted by Gasteiger charge is 2.53. The van der Waals surface area contributed by atoms with Crippen LogP contribution >= 0.6 is 0 Å². The monoisotopic (exact) mass is 209 g/mol. The Balaban J connectivity index is 2.47. The highest BCUT2D eigenvalue weighted by atomic mass is 16.4. The molecule has 0 aromatic carbocycles. The summed E-state index contributed by atoms with van der Waals surface area (Å²) in [6, 6.07) is 0. The van der Waals surface area contributed by atoms with Crippen molar-refractivity contribution < 1.29 is 15.0 Å². The molecule has 2 rings (SSSR count). The lowest BCUT2D eigenvalue weighted by Gasteiger charge is -2.42. The molecule has 15 heavy (non-hydrogen) atoms. The first-order valence-corrected chi connectivity index (χ1v) is 5.04. The summed E-state index contributed by atoms with van der Waals surface area (Å²) in [6.45, 7) is 3.77. The van der Waals surface area contributed by atoms with Crippen LogP contribution in [-0.4, -0.2) is 27.3 Å². The molecule has 1 aliphatic carbocycles. The van der Waals surface area contributed by atoms with E-state index in [0.717, 1.165) is 16.8 Å². The number of aryl methyl sites for hydroxylation is 2. The Labute approximate surface area is 87.9 Å². The first-order chi connectivity index (χ1) is 6.97. The molecule has 1 aromatic heterocycles. The Morgan fingerprint density at radius 2 is 2.13 bits per heavy atom. The number of carboxylic acid groups (broad SMARTS) is 1. The molecule has 1 fully saturated rings. The van der Waals surface area contributed by atoms with Gasteiger partial charge in [-0.3, -0.25) is 4.79 Å². The van der Waals surface area contributed by atoms with E-state index in [0.29, 0.717) is 12.8 Å². The van der Waals surface area contributed by atoms with Crippen LogP contribution in [0.5, 0.6) is 0 Å². The van der Waals surface area contributed by atoms with Crippen LogP contribution in [0.4, 0.5) is 0 Å². The minimum Gasteiger partial charge on any atom is -0.481 e. The number of carbonyl (C=O) groups is 1.